The molecule has 0 saturated heterocycles. The highest BCUT2D eigenvalue weighted by Gasteiger charge is 2.22. The molecule has 2 heterocycles. The lowest BCUT2D eigenvalue weighted by Crippen LogP contribution is -2.12. The molecule has 0 aliphatic carbocycles. The normalized spacial score (nSPS) is 11.7. The number of aromatic nitrogens is 2. The number of nitrogens with one attached hydrogen (secondary N) is 1. The summed E-state index contributed by atoms with van der Waals surface area (Å²) in [5.74, 6) is 0.987. The van der Waals surface area contributed by atoms with Crippen LogP contribution in [0.3, 0.4) is 0 Å². The maximum absolute atomic E-state index is 12.8. The number of nitrogens with zero attached hydrogens (tertiary/aromatic N) is 2. The number of rotatable bonds is 5. The van der Waals surface area contributed by atoms with Crippen LogP contribution in [0.15, 0.2) is 86.6 Å². The van der Waals surface area contributed by atoms with Gasteiger partial charge in [0.05, 0.1) is 4.90 Å². The van der Waals surface area contributed by atoms with Crippen molar-refractivity contribution in [2.45, 2.75) is 11.8 Å². The molecule has 32 heavy (non-hydrogen) atoms. The molecule has 2 aromatic heterocycles. The SMILES string of the molecule is Cc1c(-c2nc(-c3ccc(Cl)cc3)no2)oc2ccc(S(=O)(=O)Nc3ccccc3)cc12. The Morgan fingerprint density at radius 3 is 2.47 bits per heavy atom. The summed E-state index contributed by atoms with van der Waals surface area (Å²) in [5.41, 5.74) is 2.45. The van der Waals surface area contributed by atoms with Crippen molar-refractivity contribution in [2.75, 3.05) is 4.72 Å². The van der Waals surface area contributed by atoms with Crippen LogP contribution in [-0.4, -0.2) is 18.6 Å². The smallest absolute Gasteiger partial charge is 0.294 e. The number of hydrogen-bond acceptors (Lipinski definition) is 6. The third kappa shape index (κ3) is 3.74. The van der Waals surface area contributed by atoms with Crippen molar-refractivity contribution in [3.05, 3.63) is 83.4 Å². The van der Waals surface area contributed by atoms with Crippen molar-refractivity contribution in [2.24, 2.45) is 0 Å². The molecule has 3 aromatic carbocycles. The molecule has 0 fully saturated rings. The van der Waals surface area contributed by atoms with Crippen LogP contribution >= 0.6 is 11.6 Å². The van der Waals surface area contributed by atoms with E-state index >= 15 is 0 Å². The zero-order valence-electron chi connectivity index (χ0n) is 16.7. The van der Waals surface area contributed by atoms with Crippen LogP contribution in [0.1, 0.15) is 5.56 Å². The number of furan rings is 1. The van der Waals surface area contributed by atoms with Gasteiger partial charge in [-0.05, 0) is 61.5 Å². The summed E-state index contributed by atoms with van der Waals surface area (Å²) in [6, 6.07) is 20.4. The fraction of sp³-hybridized carbons (Fsp3) is 0.0435. The summed E-state index contributed by atoms with van der Waals surface area (Å²) < 4.78 is 39.5. The number of benzene rings is 3. The minimum Gasteiger partial charge on any atom is -0.451 e. The molecule has 1 N–H and O–H groups in total. The maximum atomic E-state index is 12.8. The number of fused-ring (bicyclic) bond motifs is 1. The van der Waals surface area contributed by atoms with Crippen LogP contribution in [0.25, 0.3) is 34.0 Å². The Hall–Kier alpha value is -3.62. The molecule has 0 unspecified atom stereocenters. The number of para-hydroxylation sites is 1. The van der Waals surface area contributed by atoms with Crippen molar-refractivity contribution in [1.82, 2.24) is 10.1 Å². The second-order valence-electron chi connectivity index (χ2n) is 7.12. The summed E-state index contributed by atoms with van der Waals surface area (Å²) in [7, 11) is -3.77. The summed E-state index contributed by atoms with van der Waals surface area (Å²) in [5, 5.41) is 5.26. The fourth-order valence-corrected chi connectivity index (χ4v) is 4.53. The van der Waals surface area contributed by atoms with Gasteiger partial charge in [0.25, 0.3) is 15.9 Å². The highest BCUT2D eigenvalue weighted by atomic mass is 35.5. The van der Waals surface area contributed by atoms with Gasteiger partial charge in [0, 0.05) is 27.2 Å². The van der Waals surface area contributed by atoms with Gasteiger partial charge < -0.3 is 8.94 Å². The first-order valence-electron chi connectivity index (χ1n) is 9.62. The van der Waals surface area contributed by atoms with Gasteiger partial charge in [-0.15, -0.1) is 0 Å². The molecular formula is C23H16ClN3O4S. The van der Waals surface area contributed by atoms with Crippen LogP contribution in [0.4, 0.5) is 5.69 Å². The minimum atomic E-state index is -3.77. The Morgan fingerprint density at radius 2 is 1.72 bits per heavy atom. The highest BCUT2D eigenvalue weighted by Crippen LogP contribution is 2.34. The van der Waals surface area contributed by atoms with E-state index in [9.17, 15) is 8.42 Å². The van der Waals surface area contributed by atoms with Crippen molar-refractivity contribution in [3.63, 3.8) is 0 Å². The molecule has 5 aromatic rings. The standard InChI is InChI=1S/C23H16ClN3O4S/c1-14-19-13-18(32(28,29)27-17-5-3-2-4-6-17)11-12-20(19)30-21(14)23-25-22(26-31-23)15-7-9-16(24)10-8-15/h2-13,27H,1H3. The van der Waals surface area contributed by atoms with Crippen LogP contribution in [0.5, 0.6) is 0 Å². The molecule has 0 spiro atoms. The Labute approximate surface area is 188 Å². The molecule has 5 rings (SSSR count). The van der Waals surface area contributed by atoms with E-state index in [1.54, 1.807) is 60.7 Å². The van der Waals surface area contributed by atoms with Gasteiger partial charge in [-0.25, -0.2) is 8.42 Å². The Bertz CT molecular complexity index is 1530. The highest BCUT2D eigenvalue weighted by molar-refractivity contribution is 7.92. The average Bonchev–Trinajstić information content (AvgIpc) is 3.39. The van der Waals surface area contributed by atoms with E-state index in [0.717, 1.165) is 5.56 Å². The number of hydrogen-bond donors (Lipinski definition) is 1. The van der Waals surface area contributed by atoms with Crippen LogP contribution in [0, 0.1) is 6.92 Å². The second-order valence-corrected chi connectivity index (χ2v) is 9.23. The third-order valence-corrected chi connectivity index (χ3v) is 6.60. The second kappa shape index (κ2) is 7.81. The molecule has 0 atom stereocenters. The predicted octanol–water partition coefficient (Wildman–Crippen LogP) is 5.91. The molecule has 0 saturated carbocycles. The summed E-state index contributed by atoms with van der Waals surface area (Å²) in [4.78, 5) is 4.54. The maximum Gasteiger partial charge on any atom is 0.294 e. The molecule has 0 aliphatic heterocycles. The van der Waals surface area contributed by atoms with Crippen LogP contribution in [-0.2, 0) is 10.0 Å². The number of sulfonamides is 1. The van der Waals surface area contributed by atoms with Crippen molar-refractivity contribution in [1.29, 1.82) is 0 Å². The molecule has 9 heteroatoms. The molecule has 0 radical (unpaired) electrons. The third-order valence-electron chi connectivity index (χ3n) is 4.97. The number of halogens is 1. The number of aryl methyl sites for hydroxylation is 1. The Morgan fingerprint density at radius 1 is 0.969 bits per heavy atom. The van der Waals surface area contributed by atoms with Crippen molar-refractivity contribution < 1.29 is 17.4 Å². The van der Waals surface area contributed by atoms with E-state index in [1.165, 1.54) is 6.07 Å². The van der Waals surface area contributed by atoms with E-state index in [2.05, 4.69) is 14.9 Å². The van der Waals surface area contributed by atoms with Crippen molar-refractivity contribution in [3.8, 4) is 23.0 Å². The Balaban J connectivity index is 1.50. The first-order valence-corrected chi connectivity index (χ1v) is 11.5. The fourth-order valence-electron chi connectivity index (χ4n) is 3.32. The quantitative estimate of drug-likeness (QED) is 0.346. The van der Waals surface area contributed by atoms with Crippen molar-refractivity contribution >= 4 is 38.3 Å². The monoisotopic (exact) mass is 465 g/mol. The first kappa shape index (κ1) is 20.3. The lowest BCUT2D eigenvalue weighted by atomic mass is 10.1. The van der Waals surface area contributed by atoms with E-state index in [-0.39, 0.29) is 10.8 Å². The first-order chi connectivity index (χ1) is 15.4. The molecule has 0 amide bonds. The molecule has 7 nitrogen and oxygen atoms in total. The minimum absolute atomic E-state index is 0.122. The summed E-state index contributed by atoms with van der Waals surface area (Å²) >= 11 is 5.93. The van der Waals surface area contributed by atoms with E-state index in [1.807, 2.05) is 13.0 Å². The van der Waals surface area contributed by atoms with Gasteiger partial charge >= 0.3 is 0 Å². The zero-order valence-corrected chi connectivity index (χ0v) is 18.3. The van der Waals surface area contributed by atoms with E-state index in [0.29, 0.717) is 38.8 Å². The van der Waals surface area contributed by atoms with Crippen LogP contribution in [0.2, 0.25) is 5.02 Å². The van der Waals surface area contributed by atoms with Gasteiger partial charge in [0.15, 0.2) is 5.76 Å². The predicted molar refractivity (Wildman–Crippen MR) is 122 cm³/mol. The van der Waals surface area contributed by atoms with Gasteiger partial charge in [0.2, 0.25) is 5.82 Å². The average molecular weight is 466 g/mol. The molecule has 160 valence electrons. The van der Waals surface area contributed by atoms with Crippen LogP contribution < -0.4 is 4.72 Å². The summed E-state index contributed by atoms with van der Waals surface area (Å²) in [6.45, 7) is 1.81. The van der Waals surface area contributed by atoms with E-state index < -0.39 is 10.0 Å². The zero-order chi connectivity index (χ0) is 22.3. The van der Waals surface area contributed by atoms with E-state index in [4.69, 9.17) is 20.5 Å². The molecular weight excluding hydrogens is 450 g/mol. The lowest BCUT2D eigenvalue weighted by molar-refractivity contribution is 0.419. The Kier molecular flexibility index (Phi) is 4.96. The van der Waals surface area contributed by atoms with Gasteiger partial charge in [-0.2, -0.15) is 4.98 Å². The largest absolute Gasteiger partial charge is 0.451 e. The molecule has 0 bridgehead atoms. The van der Waals surface area contributed by atoms with Gasteiger partial charge in [0.1, 0.15) is 5.58 Å². The van der Waals surface area contributed by atoms with Gasteiger partial charge in [-0.1, -0.05) is 35.0 Å². The molecule has 0 aliphatic rings. The topological polar surface area (TPSA) is 98.2 Å². The van der Waals surface area contributed by atoms with Gasteiger partial charge in [-0.3, -0.25) is 4.72 Å². The number of anilines is 1. The summed E-state index contributed by atoms with van der Waals surface area (Å²) in [6.07, 6.45) is 0. The lowest BCUT2D eigenvalue weighted by Gasteiger charge is -2.07.